The third-order valence-electron chi connectivity index (χ3n) is 2.14. The van der Waals surface area contributed by atoms with E-state index in [2.05, 4.69) is 12.2 Å². The number of nitrogens with one attached hydrogen (secondary N) is 1. The van der Waals surface area contributed by atoms with Gasteiger partial charge in [0.1, 0.15) is 0 Å². The van der Waals surface area contributed by atoms with Gasteiger partial charge in [-0.3, -0.25) is 4.79 Å². The number of hydrogen-bond donors (Lipinski definition) is 1. The summed E-state index contributed by atoms with van der Waals surface area (Å²) in [5.41, 5.74) is 0.902. The van der Waals surface area contributed by atoms with E-state index in [1.165, 1.54) is 0 Å². The average molecular weight is 180 g/mol. The van der Waals surface area contributed by atoms with Gasteiger partial charge in [0.25, 0.3) is 0 Å². The molecule has 1 heterocycles. The molecule has 3 nitrogen and oxygen atoms in total. The van der Waals surface area contributed by atoms with Gasteiger partial charge < -0.3 is 9.88 Å². The molecule has 72 valence electrons. The summed E-state index contributed by atoms with van der Waals surface area (Å²) in [6.07, 6.45) is 3.71. The second-order valence-electron chi connectivity index (χ2n) is 3.38. The van der Waals surface area contributed by atoms with Crippen molar-refractivity contribution >= 4 is 0 Å². The lowest BCUT2D eigenvalue weighted by molar-refractivity contribution is 0.512. The maximum atomic E-state index is 11.1. The molecule has 1 rings (SSSR count). The lowest BCUT2D eigenvalue weighted by atomic mass is 10.3. The Morgan fingerprint density at radius 1 is 1.62 bits per heavy atom. The van der Waals surface area contributed by atoms with Crippen molar-refractivity contribution in [3.63, 3.8) is 0 Å². The van der Waals surface area contributed by atoms with Gasteiger partial charge in [-0.1, -0.05) is 0 Å². The fourth-order valence-electron chi connectivity index (χ4n) is 1.17. The fraction of sp³-hybridized carbons (Fsp3) is 0.500. The number of pyridine rings is 1. The van der Waals surface area contributed by atoms with Crippen LogP contribution in [0.5, 0.6) is 0 Å². The normalized spacial score (nSPS) is 12.8. The largest absolute Gasteiger partial charge is 0.352 e. The highest BCUT2D eigenvalue weighted by molar-refractivity contribution is 5.07. The summed E-state index contributed by atoms with van der Waals surface area (Å²) < 4.78 is 2.03. The van der Waals surface area contributed by atoms with E-state index in [0.717, 1.165) is 12.1 Å². The molecule has 0 radical (unpaired) electrons. The summed E-state index contributed by atoms with van der Waals surface area (Å²) in [4.78, 5) is 11.1. The van der Waals surface area contributed by atoms with Gasteiger partial charge in [0, 0.05) is 36.6 Å². The van der Waals surface area contributed by atoms with Crippen molar-refractivity contribution in [2.24, 2.45) is 0 Å². The van der Waals surface area contributed by atoms with E-state index in [9.17, 15) is 4.79 Å². The third kappa shape index (κ3) is 2.70. The minimum Gasteiger partial charge on any atom is -0.352 e. The Labute approximate surface area is 78.4 Å². The van der Waals surface area contributed by atoms with Gasteiger partial charge in [0.05, 0.1) is 0 Å². The summed E-state index contributed by atoms with van der Waals surface area (Å²) in [6, 6.07) is 2.03. The van der Waals surface area contributed by atoms with Crippen LogP contribution in [-0.4, -0.2) is 17.7 Å². The number of aromatic nitrogens is 1. The topological polar surface area (TPSA) is 34.0 Å². The Bertz CT molecular complexity index is 330. The predicted molar refractivity (Wildman–Crippen MR) is 54.0 cm³/mol. The van der Waals surface area contributed by atoms with Crippen molar-refractivity contribution in [1.29, 1.82) is 0 Å². The molecule has 0 aliphatic heterocycles. The zero-order valence-corrected chi connectivity index (χ0v) is 8.37. The second kappa shape index (κ2) is 4.23. The molecule has 3 heteroatoms. The van der Waals surface area contributed by atoms with E-state index >= 15 is 0 Å². The minimum atomic E-state index is 0.105. The fourth-order valence-corrected chi connectivity index (χ4v) is 1.17. The second-order valence-corrected chi connectivity index (χ2v) is 3.38. The first kappa shape index (κ1) is 9.99. The highest BCUT2D eigenvalue weighted by Crippen LogP contribution is 1.93. The van der Waals surface area contributed by atoms with Crippen molar-refractivity contribution in [1.82, 2.24) is 9.88 Å². The maximum absolute atomic E-state index is 11.1. The summed E-state index contributed by atoms with van der Waals surface area (Å²) in [7, 11) is 1.93. The van der Waals surface area contributed by atoms with Gasteiger partial charge in [-0.2, -0.15) is 0 Å². The van der Waals surface area contributed by atoms with Gasteiger partial charge in [-0.25, -0.2) is 0 Å². The maximum Gasteiger partial charge on any atom is 0.184 e. The van der Waals surface area contributed by atoms with Crippen LogP contribution in [0, 0.1) is 6.92 Å². The number of nitrogens with zero attached hydrogens (tertiary/aromatic N) is 1. The molecule has 0 spiro atoms. The summed E-state index contributed by atoms with van der Waals surface area (Å²) in [5, 5.41) is 3.15. The molecule has 0 aliphatic carbocycles. The zero-order valence-electron chi connectivity index (χ0n) is 8.37. The molecule has 13 heavy (non-hydrogen) atoms. The van der Waals surface area contributed by atoms with Crippen molar-refractivity contribution < 1.29 is 0 Å². The Balaban J connectivity index is 2.79. The first-order valence-corrected chi connectivity index (χ1v) is 4.47. The van der Waals surface area contributed by atoms with E-state index in [0.29, 0.717) is 6.04 Å². The van der Waals surface area contributed by atoms with Crippen molar-refractivity contribution in [3.8, 4) is 0 Å². The van der Waals surface area contributed by atoms with E-state index in [1.54, 1.807) is 6.07 Å². The van der Waals surface area contributed by atoms with Crippen LogP contribution in [0.25, 0.3) is 0 Å². The van der Waals surface area contributed by atoms with Crippen molar-refractivity contribution in [3.05, 3.63) is 34.2 Å². The molecular weight excluding hydrogens is 164 g/mol. The highest BCUT2D eigenvalue weighted by atomic mass is 16.1. The molecule has 0 aromatic carbocycles. The molecule has 0 amide bonds. The molecule has 1 unspecified atom stereocenters. The zero-order chi connectivity index (χ0) is 9.84. The van der Waals surface area contributed by atoms with Crippen LogP contribution >= 0.6 is 0 Å². The van der Waals surface area contributed by atoms with E-state index < -0.39 is 0 Å². The summed E-state index contributed by atoms with van der Waals surface area (Å²) in [5.74, 6) is 0. The Morgan fingerprint density at radius 2 is 2.31 bits per heavy atom. The lowest BCUT2D eigenvalue weighted by Gasteiger charge is -2.12. The predicted octanol–water partition coefficient (Wildman–Crippen LogP) is 0.765. The molecule has 0 bridgehead atoms. The molecular formula is C10H16N2O. The molecule has 0 fully saturated rings. The van der Waals surface area contributed by atoms with Gasteiger partial charge in [0.15, 0.2) is 5.43 Å². The van der Waals surface area contributed by atoms with Crippen LogP contribution in [0.1, 0.15) is 12.5 Å². The SMILES string of the molecule is CNC(C)Cn1ccc(=O)c(C)c1. The van der Waals surface area contributed by atoms with Gasteiger partial charge in [0.2, 0.25) is 0 Å². The van der Waals surface area contributed by atoms with Gasteiger partial charge in [-0.05, 0) is 20.9 Å². The van der Waals surface area contributed by atoms with Crippen LogP contribution in [0.2, 0.25) is 0 Å². The van der Waals surface area contributed by atoms with Gasteiger partial charge >= 0.3 is 0 Å². The molecule has 1 aromatic heterocycles. The molecule has 1 aromatic rings. The first-order valence-electron chi connectivity index (χ1n) is 4.47. The number of likely N-dealkylation sites (N-methyl/N-ethyl adjacent to an activating group) is 1. The Hall–Kier alpha value is -1.09. The highest BCUT2D eigenvalue weighted by Gasteiger charge is 1.99. The molecule has 0 saturated carbocycles. The summed E-state index contributed by atoms with van der Waals surface area (Å²) >= 11 is 0. The van der Waals surface area contributed by atoms with Crippen molar-refractivity contribution in [2.45, 2.75) is 26.4 Å². The van der Waals surface area contributed by atoms with E-state index in [1.807, 2.05) is 30.9 Å². The molecule has 1 atom stereocenters. The smallest absolute Gasteiger partial charge is 0.184 e. The lowest BCUT2D eigenvalue weighted by Crippen LogP contribution is -2.27. The van der Waals surface area contributed by atoms with Crippen LogP contribution in [0.15, 0.2) is 23.3 Å². The average Bonchev–Trinajstić information content (AvgIpc) is 2.11. The third-order valence-corrected chi connectivity index (χ3v) is 2.14. The molecule has 1 N–H and O–H groups in total. The van der Waals surface area contributed by atoms with E-state index in [4.69, 9.17) is 0 Å². The quantitative estimate of drug-likeness (QED) is 0.745. The number of aryl methyl sites for hydroxylation is 1. The number of hydrogen-bond acceptors (Lipinski definition) is 2. The minimum absolute atomic E-state index is 0.105. The Kier molecular flexibility index (Phi) is 3.25. The van der Waals surface area contributed by atoms with Gasteiger partial charge in [-0.15, -0.1) is 0 Å². The van der Waals surface area contributed by atoms with Crippen LogP contribution in [-0.2, 0) is 6.54 Å². The summed E-state index contributed by atoms with van der Waals surface area (Å²) in [6.45, 7) is 4.83. The standard InChI is InChI=1S/C10H16N2O/c1-8-6-12(5-4-10(8)13)7-9(2)11-3/h4-6,9,11H,7H2,1-3H3. The van der Waals surface area contributed by atoms with Crippen LogP contribution in [0.3, 0.4) is 0 Å². The van der Waals surface area contributed by atoms with Crippen molar-refractivity contribution in [2.75, 3.05) is 7.05 Å². The van der Waals surface area contributed by atoms with Crippen LogP contribution in [0.4, 0.5) is 0 Å². The molecule has 0 aliphatic rings. The molecule has 0 saturated heterocycles. The Morgan fingerprint density at radius 3 is 2.85 bits per heavy atom. The number of rotatable bonds is 3. The first-order chi connectivity index (χ1) is 6.13. The monoisotopic (exact) mass is 180 g/mol. The van der Waals surface area contributed by atoms with E-state index in [-0.39, 0.29) is 5.43 Å². The van der Waals surface area contributed by atoms with Crippen LogP contribution < -0.4 is 10.7 Å².